The molecule has 4 nitrogen and oxygen atoms in total. The van der Waals surface area contributed by atoms with Gasteiger partial charge < -0.3 is 15.1 Å². The topological polar surface area (TPSA) is 62.1 Å². The first-order valence-electron chi connectivity index (χ1n) is 5.84. The minimum Gasteiger partial charge on any atom is -0.488 e. The normalized spacial score (nSPS) is 24.9. The highest BCUT2D eigenvalue weighted by atomic mass is 16.5. The van der Waals surface area contributed by atoms with E-state index in [4.69, 9.17) is 9.94 Å². The van der Waals surface area contributed by atoms with Gasteiger partial charge in [0, 0.05) is 0 Å². The predicted octanol–water partition coefficient (Wildman–Crippen LogP) is 2.18. The van der Waals surface area contributed by atoms with E-state index < -0.39 is 0 Å². The number of benzene rings is 1. The van der Waals surface area contributed by atoms with Gasteiger partial charge in [-0.3, -0.25) is 0 Å². The highest BCUT2D eigenvalue weighted by Crippen LogP contribution is 2.24. The molecular formula is C13H17NO3. The molecule has 1 fully saturated rings. The highest BCUT2D eigenvalue weighted by molar-refractivity contribution is 5.98. The van der Waals surface area contributed by atoms with Gasteiger partial charge in [-0.05, 0) is 56.0 Å². The zero-order chi connectivity index (χ0) is 12.3. The molecule has 0 saturated heterocycles. The Bertz CT molecular complexity index is 400. The summed E-state index contributed by atoms with van der Waals surface area (Å²) in [5, 5.41) is 21.4. The lowest BCUT2D eigenvalue weighted by molar-refractivity contribution is 0.0604. The average molecular weight is 235 g/mol. The smallest absolute Gasteiger partial charge is 0.124 e. The molecule has 4 heteroatoms. The van der Waals surface area contributed by atoms with Crippen LogP contribution in [0.4, 0.5) is 0 Å². The number of hydrogen-bond donors (Lipinski definition) is 2. The first-order chi connectivity index (χ1) is 8.20. The van der Waals surface area contributed by atoms with Gasteiger partial charge in [0.1, 0.15) is 11.9 Å². The Labute approximate surface area is 101 Å². The van der Waals surface area contributed by atoms with E-state index in [2.05, 4.69) is 5.16 Å². The summed E-state index contributed by atoms with van der Waals surface area (Å²) in [6.45, 7) is 1.73. The highest BCUT2D eigenvalue weighted by Gasteiger charge is 2.26. The van der Waals surface area contributed by atoms with E-state index in [1.807, 2.05) is 24.3 Å². The minimum absolute atomic E-state index is 0.0894. The first-order valence-corrected chi connectivity index (χ1v) is 5.84. The summed E-state index contributed by atoms with van der Waals surface area (Å²) in [5.41, 5.74) is 1.42. The fourth-order valence-electron chi connectivity index (χ4n) is 2.05. The third-order valence-corrected chi connectivity index (χ3v) is 3.13. The number of oxime groups is 1. The van der Waals surface area contributed by atoms with E-state index in [9.17, 15) is 5.11 Å². The van der Waals surface area contributed by atoms with Crippen molar-refractivity contribution in [3.05, 3.63) is 29.8 Å². The maximum atomic E-state index is 9.65. The van der Waals surface area contributed by atoms with E-state index in [-0.39, 0.29) is 12.2 Å². The van der Waals surface area contributed by atoms with Gasteiger partial charge in [0.2, 0.25) is 0 Å². The van der Waals surface area contributed by atoms with Crippen LogP contribution in [0.15, 0.2) is 29.4 Å². The molecule has 0 heterocycles. The maximum absolute atomic E-state index is 9.65. The molecule has 2 atom stereocenters. The van der Waals surface area contributed by atoms with Crippen molar-refractivity contribution in [3.63, 3.8) is 0 Å². The SMILES string of the molecule is C/C(=N\O)c1ccc(OC2CCCC2O)cc1. The molecule has 92 valence electrons. The fourth-order valence-corrected chi connectivity index (χ4v) is 2.05. The summed E-state index contributed by atoms with van der Waals surface area (Å²) in [6, 6.07) is 7.33. The van der Waals surface area contributed by atoms with E-state index in [0.29, 0.717) is 5.71 Å². The van der Waals surface area contributed by atoms with Crippen LogP contribution in [-0.2, 0) is 0 Å². The second-order valence-corrected chi connectivity index (χ2v) is 4.36. The van der Waals surface area contributed by atoms with Crippen molar-refractivity contribution in [2.24, 2.45) is 5.16 Å². The van der Waals surface area contributed by atoms with Crippen LogP contribution < -0.4 is 4.74 Å². The number of rotatable bonds is 3. The Morgan fingerprint density at radius 3 is 2.53 bits per heavy atom. The third kappa shape index (κ3) is 2.77. The van der Waals surface area contributed by atoms with Crippen LogP contribution in [0.25, 0.3) is 0 Å². The molecule has 17 heavy (non-hydrogen) atoms. The van der Waals surface area contributed by atoms with Crippen LogP contribution in [0.3, 0.4) is 0 Å². The van der Waals surface area contributed by atoms with Gasteiger partial charge in [-0.1, -0.05) is 5.16 Å². The number of nitrogens with zero attached hydrogens (tertiary/aromatic N) is 1. The monoisotopic (exact) mass is 235 g/mol. The van der Waals surface area contributed by atoms with E-state index in [1.165, 1.54) is 0 Å². The lowest BCUT2D eigenvalue weighted by atomic mass is 10.1. The summed E-state index contributed by atoms with van der Waals surface area (Å²) in [6.07, 6.45) is 2.29. The van der Waals surface area contributed by atoms with Crippen LogP contribution in [0, 0.1) is 0 Å². The molecule has 1 aromatic rings. The number of hydrogen-bond acceptors (Lipinski definition) is 4. The van der Waals surface area contributed by atoms with E-state index in [1.54, 1.807) is 6.92 Å². The molecule has 1 saturated carbocycles. The molecule has 2 N–H and O–H groups in total. The summed E-state index contributed by atoms with van der Waals surface area (Å²) in [5.74, 6) is 0.741. The second kappa shape index (κ2) is 5.19. The van der Waals surface area contributed by atoms with Crippen molar-refractivity contribution in [2.45, 2.75) is 38.4 Å². The Kier molecular flexibility index (Phi) is 3.64. The zero-order valence-electron chi connectivity index (χ0n) is 9.84. The third-order valence-electron chi connectivity index (χ3n) is 3.13. The van der Waals surface area contributed by atoms with Gasteiger partial charge >= 0.3 is 0 Å². The van der Waals surface area contributed by atoms with Gasteiger partial charge in [-0.15, -0.1) is 0 Å². The van der Waals surface area contributed by atoms with Gasteiger partial charge in [0.15, 0.2) is 0 Å². The molecule has 0 aromatic heterocycles. The summed E-state index contributed by atoms with van der Waals surface area (Å²) in [7, 11) is 0. The van der Waals surface area contributed by atoms with Gasteiger partial charge in [0.25, 0.3) is 0 Å². The standard InChI is InChI=1S/C13H17NO3/c1-9(14-16)10-5-7-11(8-6-10)17-13-4-2-3-12(13)15/h5-8,12-13,15-16H,2-4H2,1H3/b14-9+. The number of ether oxygens (including phenoxy) is 1. The lowest BCUT2D eigenvalue weighted by Crippen LogP contribution is -2.25. The summed E-state index contributed by atoms with van der Waals surface area (Å²) in [4.78, 5) is 0. The Hall–Kier alpha value is -1.55. The molecule has 0 radical (unpaired) electrons. The Balaban J connectivity index is 2.03. The molecule has 2 unspecified atom stereocenters. The second-order valence-electron chi connectivity index (χ2n) is 4.36. The average Bonchev–Trinajstić information content (AvgIpc) is 2.75. The molecular weight excluding hydrogens is 218 g/mol. The molecule has 0 amide bonds. The molecule has 0 bridgehead atoms. The maximum Gasteiger partial charge on any atom is 0.124 e. The van der Waals surface area contributed by atoms with Crippen molar-refractivity contribution in [2.75, 3.05) is 0 Å². The van der Waals surface area contributed by atoms with Gasteiger partial charge in [-0.2, -0.15) is 0 Å². The Morgan fingerprint density at radius 1 is 1.29 bits per heavy atom. The van der Waals surface area contributed by atoms with Crippen molar-refractivity contribution in [1.82, 2.24) is 0 Å². The minimum atomic E-state index is -0.351. The van der Waals surface area contributed by atoms with E-state index >= 15 is 0 Å². The first kappa shape index (κ1) is 11.9. The van der Waals surface area contributed by atoms with Crippen molar-refractivity contribution >= 4 is 5.71 Å². The van der Waals surface area contributed by atoms with Crippen LogP contribution >= 0.6 is 0 Å². The van der Waals surface area contributed by atoms with Crippen LogP contribution in [0.5, 0.6) is 5.75 Å². The Morgan fingerprint density at radius 2 is 2.00 bits per heavy atom. The molecule has 0 aliphatic heterocycles. The lowest BCUT2D eigenvalue weighted by Gasteiger charge is -2.17. The predicted molar refractivity (Wildman–Crippen MR) is 64.7 cm³/mol. The molecule has 2 rings (SSSR count). The van der Waals surface area contributed by atoms with Crippen LogP contribution in [0.2, 0.25) is 0 Å². The number of aliphatic hydroxyl groups is 1. The van der Waals surface area contributed by atoms with Crippen LogP contribution in [0.1, 0.15) is 31.7 Å². The van der Waals surface area contributed by atoms with Crippen molar-refractivity contribution in [1.29, 1.82) is 0 Å². The fraction of sp³-hybridized carbons (Fsp3) is 0.462. The van der Waals surface area contributed by atoms with Gasteiger partial charge in [-0.25, -0.2) is 0 Å². The molecule has 1 aromatic carbocycles. The van der Waals surface area contributed by atoms with Crippen molar-refractivity contribution in [3.8, 4) is 5.75 Å². The summed E-state index contributed by atoms with van der Waals surface area (Å²) < 4.78 is 5.70. The molecule has 0 spiro atoms. The van der Waals surface area contributed by atoms with Gasteiger partial charge in [0.05, 0.1) is 11.8 Å². The zero-order valence-corrected chi connectivity index (χ0v) is 9.84. The van der Waals surface area contributed by atoms with Crippen molar-refractivity contribution < 1.29 is 15.1 Å². The quantitative estimate of drug-likeness (QED) is 0.479. The molecule has 1 aliphatic carbocycles. The largest absolute Gasteiger partial charge is 0.488 e. The number of aliphatic hydroxyl groups excluding tert-OH is 1. The summed E-state index contributed by atoms with van der Waals surface area (Å²) >= 11 is 0. The van der Waals surface area contributed by atoms with E-state index in [0.717, 1.165) is 30.6 Å². The van der Waals surface area contributed by atoms with Crippen LogP contribution in [-0.4, -0.2) is 28.2 Å². The molecule has 1 aliphatic rings.